The number of aryl methyl sites for hydroxylation is 1. The summed E-state index contributed by atoms with van der Waals surface area (Å²) in [5.41, 5.74) is 3.91. The van der Waals surface area contributed by atoms with Crippen molar-refractivity contribution in [2.45, 2.75) is 26.9 Å². The summed E-state index contributed by atoms with van der Waals surface area (Å²) < 4.78 is 1.76. The molecular formula is C21H26N6O2. The fourth-order valence-electron chi connectivity index (χ4n) is 3.25. The Hall–Kier alpha value is -3.26. The first-order valence-corrected chi connectivity index (χ1v) is 9.69. The summed E-state index contributed by atoms with van der Waals surface area (Å²) in [6, 6.07) is 10.6. The van der Waals surface area contributed by atoms with Crippen LogP contribution < -0.4 is 10.2 Å². The van der Waals surface area contributed by atoms with Crippen LogP contribution in [0.25, 0.3) is 11.3 Å². The van der Waals surface area contributed by atoms with Crippen LogP contribution >= 0.6 is 0 Å². The highest BCUT2D eigenvalue weighted by atomic mass is 16.6. The molecule has 29 heavy (non-hydrogen) atoms. The fraction of sp³-hybridized carbons (Fsp3) is 0.333. The van der Waals surface area contributed by atoms with Crippen LogP contribution in [-0.2, 0) is 20.1 Å². The second kappa shape index (κ2) is 9.29. The Morgan fingerprint density at radius 3 is 2.41 bits per heavy atom. The van der Waals surface area contributed by atoms with E-state index in [0.717, 1.165) is 41.3 Å². The summed E-state index contributed by atoms with van der Waals surface area (Å²) in [6.45, 7) is 7.45. The number of nitro benzene ring substituents is 1. The number of rotatable bonds is 9. The van der Waals surface area contributed by atoms with Gasteiger partial charge in [0, 0.05) is 68.9 Å². The van der Waals surface area contributed by atoms with Crippen molar-refractivity contribution in [3.63, 3.8) is 0 Å². The van der Waals surface area contributed by atoms with Crippen LogP contribution in [0, 0.1) is 10.1 Å². The molecule has 0 aliphatic heterocycles. The molecule has 0 saturated carbocycles. The minimum atomic E-state index is -0.399. The molecular weight excluding hydrogens is 368 g/mol. The Morgan fingerprint density at radius 2 is 1.83 bits per heavy atom. The van der Waals surface area contributed by atoms with E-state index in [1.54, 1.807) is 16.8 Å². The van der Waals surface area contributed by atoms with E-state index in [-0.39, 0.29) is 5.69 Å². The van der Waals surface area contributed by atoms with Crippen LogP contribution in [-0.4, -0.2) is 32.8 Å². The number of nitrogens with zero attached hydrogens (tertiary/aromatic N) is 5. The van der Waals surface area contributed by atoms with Gasteiger partial charge in [0.2, 0.25) is 0 Å². The molecule has 1 aromatic carbocycles. The minimum absolute atomic E-state index is 0.0741. The third kappa shape index (κ3) is 4.97. The zero-order valence-corrected chi connectivity index (χ0v) is 17.0. The van der Waals surface area contributed by atoms with Crippen molar-refractivity contribution in [3.05, 3.63) is 70.0 Å². The van der Waals surface area contributed by atoms with Crippen LogP contribution in [0.4, 0.5) is 11.5 Å². The lowest BCUT2D eigenvalue weighted by molar-refractivity contribution is -0.384. The van der Waals surface area contributed by atoms with Gasteiger partial charge in [0.05, 0.1) is 10.6 Å². The van der Waals surface area contributed by atoms with Gasteiger partial charge in [-0.05, 0) is 37.6 Å². The molecule has 0 fully saturated rings. The maximum Gasteiger partial charge on any atom is 0.269 e. The highest BCUT2D eigenvalue weighted by molar-refractivity contribution is 5.64. The van der Waals surface area contributed by atoms with Crippen molar-refractivity contribution in [1.29, 1.82) is 0 Å². The summed E-state index contributed by atoms with van der Waals surface area (Å²) in [5.74, 6) is 0.992. The molecule has 0 saturated heterocycles. The standard InChI is InChI=1S/C21H26N6O2/c1-4-26(5-2)20-11-6-16(13-23-20)12-22-14-18-15-25(3)24-21(18)17-7-9-19(10-8-17)27(28)29/h6-11,13,15,22H,4-5,12,14H2,1-3H3. The largest absolute Gasteiger partial charge is 0.357 e. The van der Waals surface area contributed by atoms with E-state index in [4.69, 9.17) is 0 Å². The van der Waals surface area contributed by atoms with Gasteiger partial charge in [0.15, 0.2) is 0 Å². The monoisotopic (exact) mass is 394 g/mol. The zero-order chi connectivity index (χ0) is 20.8. The van der Waals surface area contributed by atoms with Crippen LogP contribution in [0.2, 0.25) is 0 Å². The SMILES string of the molecule is CCN(CC)c1ccc(CNCc2cn(C)nc2-c2ccc([N+](=O)[O-])cc2)cn1. The van der Waals surface area contributed by atoms with Crippen molar-refractivity contribution in [2.24, 2.45) is 7.05 Å². The van der Waals surface area contributed by atoms with Gasteiger partial charge in [-0.25, -0.2) is 4.98 Å². The number of nitrogens with one attached hydrogen (secondary N) is 1. The zero-order valence-electron chi connectivity index (χ0n) is 17.0. The molecule has 2 heterocycles. The number of anilines is 1. The first kappa shape index (κ1) is 20.5. The first-order chi connectivity index (χ1) is 14.0. The molecule has 0 atom stereocenters. The Balaban J connectivity index is 1.65. The number of aromatic nitrogens is 3. The van der Waals surface area contributed by atoms with Gasteiger partial charge in [0.25, 0.3) is 5.69 Å². The van der Waals surface area contributed by atoms with E-state index in [2.05, 4.69) is 46.3 Å². The average molecular weight is 394 g/mol. The lowest BCUT2D eigenvalue weighted by Gasteiger charge is -2.19. The summed E-state index contributed by atoms with van der Waals surface area (Å²) in [7, 11) is 1.87. The number of benzene rings is 1. The van der Waals surface area contributed by atoms with Crippen molar-refractivity contribution in [1.82, 2.24) is 20.1 Å². The van der Waals surface area contributed by atoms with E-state index in [1.807, 2.05) is 19.4 Å². The van der Waals surface area contributed by atoms with Gasteiger partial charge < -0.3 is 10.2 Å². The predicted molar refractivity (Wildman–Crippen MR) is 114 cm³/mol. The molecule has 0 amide bonds. The third-order valence-electron chi connectivity index (χ3n) is 4.80. The van der Waals surface area contributed by atoms with Crippen molar-refractivity contribution >= 4 is 11.5 Å². The molecule has 0 radical (unpaired) electrons. The van der Waals surface area contributed by atoms with Crippen LogP contribution in [0.1, 0.15) is 25.0 Å². The second-order valence-electron chi connectivity index (χ2n) is 6.78. The average Bonchev–Trinajstić information content (AvgIpc) is 3.10. The second-order valence-corrected chi connectivity index (χ2v) is 6.78. The van der Waals surface area contributed by atoms with Crippen molar-refractivity contribution < 1.29 is 4.92 Å². The smallest absolute Gasteiger partial charge is 0.269 e. The van der Waals surface area contributed by atoms with Crippen LogP contribution in [0.3, 0.4) is 0 Å². The quantitative estimate of drug-likeness (QED) is 0.441. The van der Waals surface area contributed by atoms with Gasteiger partial charge in [-0.15, -0.1) is 0 Å². The minimum Gasteiger partial charge on any atom is -0.357 e. The number of pyridine rings is 1. The molecule has 0 aliphatic rings. The van der Waals surface area contributed by atoms with E-state index in [0.29, 0.717) is 13.1 Å². The fourth-order valence-corrected chi connectivity index (χ4v) is 3.25. The van der Waals surface area contributed by atoms with Crippen molar-refractivity contribution in [2.75, 3.05) is 18.0 Å². The summed E-state index contributed by atoms with van der Waals surface area (Å²) in [5, 5.41) is 18.8. The summed E-state index contributed by atoms with van der Waals surface area (Å²) in [4.78, 5) is 17.2. The number of nitro groups is 1. The van der Waals surface area contributed by atoms with Gasteiger partial charge in [-0.2, -0.15) is 5.10 Å². The highest BCUT2D eigenvalue weighted by Crippen LogP contribution is 2.24. The van der Waals surface area contributed by atoms with Gasteiger partial charge in [-0.1, -0.05) is 6.07 Å². The Kier molecular flexibility index (Phi) is 6.56. The van der Waals surface area contributed by atoms with E-state index < -0.39 is 4.92 Å². The Labute approximate surface area is 170 Å². The number of hydrogen-bond acceptors (Lipinski definition) is 6. The van der Waals surface area contributed by atoms with Crippen LogP contribution in [0.5, 0.6) is 0 Å². The molecule has 0 aliphatic carbocycles. The van der Waals surface area contributed by atoms with Crippen molar-refractivity contribution in [3.8, 4) is 11.3 Å². The predicted octanol–water partition coefficient (Wildman–Crippen LogP) is 3.53. The highest BCUT2D eigenvalue weighted by Gasteiger charge is 2.12. The first-order valence-electron chi connectivity index (χ1n) is 9.69. The van der Waals surface area contributed by atoms with E-state index in [9.17, 15) is 10.1 Å². The van der Waals surface area contributed by atoms with E-state index in [1.165, 1.54) is 12.1 Å². The summed E-state index contributed by atoms with van der Waals surface area (Å²) >= 11 is 0. The molecule has 3 rings (SSSR count). The van der Waals surface area contributed by atoms with E-state index >= 15 is 0 Å². The molecule has 0 bridgehead atoms. The van der Waals surface area contributed by atoms with Gasteiger partial charge in [-0.3, -0.25) is 14.8 Å². The molecule has 0 unspecified atom stereocenters. The topological polar surface area (TPSA) is 89.1 Å². The number of non-ortho nitro benzene ring substituents is 1. The summed E-state index contributed by atoms with van der Waals surface area (Å²) in [6.07, 6.45) is 3.87. The molecule has 3 aromatic rings. The molecule has 152 valence electrons. The molecule has 0 spiro atoms. The Bertz CT molecular complexity index is 946. The normalized spacial score (nSPS) is 10.9. The maximum absolute atomic E-state index is 10.9. The van der Waals surface area contributed by atoms with Gasteiger partial charge >= 0.3 is 0 Å². The Morgan fingerprint density at radius 1 is 1.10 bits per heavy atom. The third-order valence-corrected chi connectivity index (χ3v) is 4.80. The molecule has 1 N–H and O–H groups in total. The molecule has 8 nitrogen and oxygen atoms in total. The van der Waals surface area contributed by atoms with Gasteiger partial charge in [0.1, 0.15) is 5.82 Å². The molecule has 8 heteroatoms. The lowest BCUT2D eigenvalue weighted by Crippen LogP contribution is -2.23. The molecule has 2 aromatic heterocycles. The maximum atomic E-state index is 10.9. The van der Waals surface area contributed by atoms with Crippen LogP contribution in [0.15, 0.2) is 48.8 Å². The lowest BCUT2D eigenvalue weighted by atomic mass is 10.1. The number of hydrogen-bond donors (Lipinski definition) is 1.